The predicted molar refractivity (Wildman–Crippen MR) is 134 cm³/mol. The fourth-order valence-electron chi connectivity index (χ4n) is 3.87. The lowest BCUT2D eigenvalue weighted by Gasteiger charge is -2.14. The number of halogens is 4. The quantitative estimate of drug-likeness (QED) is 0.290. The molecule has 1 N–H and O–H groups in total. The summed E-state index contributed by atoms with van der Waals surface area (Å²) in [6.45, 7) is 1.85. The molecule has 0 bridgehead atoms. The van der Waals surface area contributed by atoms with Crippen molar-refractivity contribution in [3.63, 3.8) is 0 Å². The third-order valence-corrected chi connectivity index (χ3v) is 5.80. The normalized spacial score (nSPS) is 11.5. The zero-order valence-electron chi connectivity index (χ0n) is 20.0. The van der Waals surface area contributed by atoms with Gasteiger partial charge in [-0.15, -0.1) is 0 Å². The monoisotopic (exact) mass is 555 g/mol. The molecule has 0 saturated carbocycles. The molecule has 0 spiro atoms. The van der Waals surface area contributed by atoms with E-state index in [1.807, 2.05) is 0 Å². The number of anilines is 1. The first kappa shape index (κ1) is 25.9. The van der Waals surface area contributed by atoms with E-state index in [4.69, 9.17) is 16.3 Å². The second kappa shape index (κ2) is 10.2. The van der Waals surface area contributed by atoms with Gasteiger partial charge in [0.05, 0.1) is 58.2 Å². The minimum absolute atomic E-state index is 0.0151. The Morgan fingerprint density at radius 2 is 1.90 bits per heavy atom. The molecule has 4 heterocycles. The second-order valence-corrected chi connectivity index (χ2v) is 8.45. The van der Waals surface area contributed by atoms with Crippen molar-refractivity contribution >= 4 is 40.1 Å². The van der Waals surface area contributed by atoms with E-state index in [1.165, 1.54) is 41.6 Å². The molecule has 1 amide bonds. The zero-order valence-corrected chi connectivity index (χ0v) is 20.7. The average Bonchev–Trinajstić information content (AvgIpc) is 3.57. The Hall–Kier alpha value is -4.78. The number of carbonyl (C=O) groups excluding carboxylic acids is 2. The van der Waals surface area contributed by atoms with Gasteiger partial charge >= 0.3 is 12.1 Å². The van der Waals surface area contributed by atoms with E-state index < -0.39 is 29.3 Å². The van der Waals surface area contributed by atoms with Crippen LogP contribution in [0.5, 0.6) is 0 Å². The summed E-state index contributed by atoms with van der Waals surface area (Å²) >= 11 is 6.29. The van der Waals surface area contributed by atoms with Gasteiger partial charge in [0.1, 0.15) is 0 Å². The number of rotatable bonds is 6. The van der Waals surface area contributed by atoms with Crippen LogP contribution in [0.2, 0.25) is 5.02 Å². The summed E-state index contributed by atoms with van der Waals surface area (Å²) in [4.78, 5) is 33.1. The van der Waals surface area contributed by atoms with Gasteiger partial charge in [0.15, 0.2) is 11.5 Å². The van der Waals surface area contributed by atoms with Gasteiger partial charge in [-0.3, -0.25) is 9.78 Å². The van der Waals surface area contributed by atoms with Crippen molar-refractivity contribution in [2.45, 2.75) is 13.1 Å². The van der Waals surface area contributed by atoms with Crippen molar-refractivity contribution in [3.05, 3.63) is 89.2 Å². The van der Waals surface area contributed by atoms with Gasteiger partial charge in [-0.25, -0.2) is 19.1 Å². The van der Waals surface area contributed by atoms with E-state index in [9.17, 15) is 22.8 Å². The van der Waals surface area contributed by atoms with Crippen molar-refractivity contribution in [3.8, 4) is 11.5 Å². The molecule has 0 atom stereocenters. The highest BCUT2D eigenvalue weighted by atomic mass is 35.5. The molecular formula is C25H17ClF3N7O3. The van der Waals surface area contributed by atoms with E-state index in [2.05, 4.69) is 25.5 Å². The Bertz CT molecular complexity index is 1710. The number of fused-ring (bicyclic) bond motifs is 1. The molecule has 198 valence electrons. The Labute approximate surface area is 223 Å². The summed E-state index contributed by atoms with van der Waals surface area (Å²) in [7, 11) is 0. The molecule has 0 unspecified atom stereocenters. The van der Waals surface area contributed by atoms with Crippen LogP contribution in [0.3, 0.4) is 0 Å². The molecule has 10 nitrogen and oxygen atoms in total. The molecule has 1 aromatic carbocycles. The third-order valence-electron chi connectivity index (χ3n) is 5.52. The molecule has 0 fully saturated rings. The molecule has 4 aromatic heterocycles. The number of esters is 1. The van der Waals surface area contributed by atoms with E-state index in [-0.39, 0.29) is 34.4 Å². The van der Waals surface area contributed by atoms with E-state index in [0.717, 1.165) is 6.20 Å². The van der Waals surface area contributed by atoms with Gasteiger partial charge in [-0.2, -0.15) is 23.4 Å². The van der Waals surface area contributed by atoms with E-state index >= 15 is 0 Å². The Morgan fingerprint density at radius 1 is 1.08 bits per heavy atom. The Morgan fingerprint density at radius 3 is 2.64 bits per heavy atom. The summed E-state index contributed by atoms with van der Waals surface area (Å²) < 4.78 is 49.4. The number of hydrogen-bond donors (Lipinski definition) is 1. The molecule has 0 saturated heterocycles. The SMILES string of the molecule is CCOC(=O)c1cnn(-c2ncc(NC(=O)c3cnn(-c4cccc5ncccc45)c3C(F)(F)F)cc2Cl)c1. The zero-order chi connectivity index (χ0) is 27.7. The highest BCUT2D eigenvalue weighted by molar-refractivity contribution is 6.32. The number of nitrogens with one attached hydrogen (secondary N) is 1. The average molecular weight is 556 g/mol. The number of aromatic nitrogens is 6. The highest BCUT2D eigenvalue weighted by Gasteiger charge is 2.41. The molecule has 5 rings (SSSR count). The Balaban J connectivity index is 1.45. The molecule has 0 aliphatic rings. The van der Waals surface area contributed by atoms with Crippen LogP contribution in [0.4, 0.5) is 18.9 Å². The van der Waals surface area contributed by atoms with Crippen LogP contribution in [0, 0.1) is 0 Å². The number of nitrogens with zero attached hydrogens (tertiary/aromatic N) is 6. The number of carbonyl (C=O) groups is 2. The van der Waals surface area contributed by atoms with Crippen LogP contribution < -0.4 is 5.32 Å². The molecule has 0 aliphatic carbocycles. The molecule has 14 heteroatoms. The van der Waals surface area contributed by atoms with Crippen molar-refractivity contribution in [1.29, 1.82) is 0 Å². The maximum absolute atomic E-state index is 14.2. The summed E-state index contributed by atoms with van der Waals surface area (Å²) in [5, 5.41) is 10.7. The van der Waals surface area contributed by atoms with Gasteiger partial charge in [0.2, 0.25) is 0 Å². The first-order valence-electron chi connectivity index (χ1n) is 11.4. The number of benzene rings is 1. The summed E-state index contributed by atoms with van der Waals surface area (Å²) in [6, 6.07) is 9.17. The summed E-state index contributed by atoms with van der Waals surface area (Å²) in [6.07, 6.45) is 1.28. The lowest BCUT2D eigenvalue weighted by atomic mass is 10.1. The fourth-order valence-corrected chi connectivity index (χ4v) is 4.12. The Kier molecular flexibility index (Phi) is 6.74. The molecule has 0 aliphatic heterocycles. The van der Waals surface area contributed by atoms with Gasteiger partial charge in [0.25, 0.3) is 5.91 Å². The van der Waals surface area contributed by atoms with Gasteiger partial charge in [-0.1, -0.05) is 17.7 Å². The maximum atomic E-state index is 14.2. The van der Waals surface area contributed by atoms with Crippen LogP contribution in [0.15, 0.2) is 67.4 Å². The number of alkyl halides is 3. The van der Waals surface area contributed by atoms with Gasteiger partial charge in [0, 0.05) is 17.8 Å². The number of amides is 1. The van der Waals surface area contributed by atoms with Gasteiger partial charge in [-0.05, 0) is 37.3 Å². The van der Waals surface area contributed by atoms with Crippen molar-refractivity contribution in [2.75, 3.05) is 11.9 Å². The van der Waals surface area contributed by atoms with Crippen LogP contribution >= 0.6 is 11.6 Å². The van der Waals surface area contributed by atoms with E-state index in [0.29, 0.717) is 15.6 Å². The topological polar surface area (TPSA) is 117 Å². The maximum Gasteiger partial charge on any atom is 0.434 e. The van der Waals surface area contributed by atoms with Crippen molar-refractivity contribution in [2.24, 2.45) is 0 Å². The smallest absolute Gasteiger partial charge is 0.434 e. The molecule has 39 heavy (non-hydrogen) atoms. The number of pyridine rings is 2. The van der Waals surface area contributed by atoms with Crippen molar-refractivity contribution in [1.82, 2.24) is 29.5 Å². The first-order valence-corrected chi connectivity index (χ1v) is 11.7. The van der Waals surface area contributed by atoms with E-state index in [1.54, 1.807) is 31.2 Å². The molecule has 0 radical (unpaired) electrons. The summed E-state index contributed by atoms with van der Waals surface area (Å²) in [5.41, 5.74) is -1.17. The van der Waals surface area contributed by atoms with Crippen LogP contribution in [0.1, 0.15) is 33.3 Å². The molecule has 5 aromatic rings. The minimum Gasteiger partial charge on any atom is -0.462 e. The number of ether oxygens (including phenoxy) is 1. The lowest BCUT2D eigenvalue weighted by molar-refractivity contribution is -0.143. The first-order chi connectivity index (χ1) is 18.7. The minimum atomic E-state index is -4.91. The van der Waals surface area contributed by atoms with Gasteiger partial charge < -0.3 is 10.1 Å². The van der Waals surface area contributed by atoms with Crippen LogP contribution in [0.25, 0.3) is 22.4 Å². The van der Waals surface area contributed by atoms with Crippen molar-refractivity contribution < 1.29 is 27.5 Å². The second-order valence-electron chi connectivity index (χ2n) is 8.04. The number of hydrogen-bond acceptors (Lipinski definition) is 7. The van der Waals surface area contributed by atoms with Crippen LogP contribution in [-0.4, -0.2) is 48.0 Å². The predicted octanol–water partition coefficient (Wildman–Crippen LogP) is 5.10. The standard InChI is InChI=1S/C25H17ClF3N7O3/c1-2-39-24(38)14-10-32-35(13-14)22-18(26)9-15(11-31-22)34-23(37)17-12-33-36(21(17)25(27,28)29)20-7-3-6-19-16(20)5-4-8-30-19/h3-13H,2H2,1H3,(H,34,37). The highest BCUT2D eigenvalue weighted by Crippen LogP contribution is 2.35. The summed E-state index contributed by atoms with van der Waals surface area (Å²) in [5.74, 6) is -1.52. The fraction of sp³-hybridized carbons (Fsp3) is 0.120. The van der Waals surface area contributed by atoms with Crippen LogP contribution in [-0.2, 0) is 10.9 Å². The largest absolute Gasteiger partial charge is 0.462 e. The lowest BCUT2D eigenvalue weighted by Crippen LogP contribution is -2.21. The third kappa shape index (κ3) is 5.03. The molecular weight excluding hydrogens is 539 g/mol.